The quantitative estimate of drug-likeness (QED) is 0.657. The predicted molar refractivity (Wildman–Crippen MR) is 78.1 cm³/mol. The molecule has 1 aromatic heterocycles. The van der Waals surface area contributed by atoms with Crippen molar-refractivity contribution in [3.8, 4) is 0 Å². The van der Waals surface area contributed by atoms with Crippen molar-refractivity contribution in [1.29, 1.82) is 0 Å². The van der Waals surface area contributed by atoms with Crippen LogP contribution in [-0.2, 0) is 7.05 Å². The summed E-state index contributed by atoms with van der Waals surface area (Å²) in [6.07, 6.45) is 5.50. The van der Waals surface area contributed by atoms with Crippen LogP contribution in [0.15, 0.2) is 11.1 Å². The van der Waals surface area contributed by atoms with Crippen molar-refractivity contribution in [3.63, 3.8) is 0 Å². The molecule has 1 aromatic rings. The lowest BCUT2D eigenvalue weighted by molar-refractivity contribution is 0.312. The minimum absolute atomic E-state index is 0.759. The summed E-state index contributed by atoms with van der Waals surface area (Å²) in [7, 11) is 2.02. The highest BCUT2D eigenvalue weighted by Gasteiger charge is 2.17. The topological polar surface area (TPSA) is 29.9 Å². The SMILES string of the molecule is Cc1cc(SCCNC2CCC(C)CC2)n(C)n1. The Labute approximate surface area is 115 Å². The fourth-order valence-electron chi connectivity index (χ4n) is 2.60. The van der Waals surface area contributed by atoms with Crippen LogP contribution in [0, 0.1) is 12.8 Å². The second-order valence-electron chi connectivity index (χ2n) is 5.51. The van der Waals surface area contributed by atoms with Crippen LogP contribution in [0.1, 0.15) is 38.3 Å². The van der Waals surface area contributed by atoms with Crippen molar-refractivity contribution < 1.29 is 0 Å². The molecule has 4 heteroatoms. The molecular weight excluding hydrogens is 242 g/mol. The molecule has 1 saturated carbocycles. The Morgan fingerprint density at radius 3 is 2.72 bits per heavy atom. The van der Waals surface area contributed by atoms with Gasteiger partial charge in [0.05, 0.1) is 10.7 Å². The molecule has 1 aliphatic carbocycles. The van der Waals surface area contributed by atoms with Crippen molar-refractivity contribution >= 4 is 11.8 Å². The number of thioether (sulfide) groups is 1. The number of aryl methyl sites for hydroxylation is 2. The first-order valence-electron chi connectivity index (χ1n) is 7.02. The molecule has 102 valence electrons. The van der Waals surface area contributed by atoms with Gasteiger partial charge in [0.15, 0.2) is 0 Å². The van der Waals surface area contributed by atoms with E-state index in [4.69, 9.17) is 0 Å². The average molecular weight is 267 g/mol. The molecule has 0 bridgehead atoms. The summed E-state index contributed by atoms with van der Waals surface area (Å²) in [5, 5.41) is 9.32. The van der Waals surface area contributed by atoms with E-state index in [1.54, 1.807) is 0 Å². The van der Waals surface area contributed by atoms with Gasteiger partial charge in [-0.15, -0.1) is 11.8 Å². The fourth-order valence-corrected chi connectivity index (χ4v) is 3.52. The lowest BCUT2D eigenvalue weighted by Gasteiger charge is -2.26. The second-order valence-corrected chi connectivity index (χ2v) is 6.62. The number of hydrogen-bond acceptors (Lipinski definition) is 3. The van der Waals surface area contributed by atoms with Gasteiger partial charge in [0.25, 0.3) is 0 Å². The molecular formula is C14H25N3S. The Bertz CT molecular complexity index is 367. The molecule has 0 atom stereocenters. The second kappa shape index (κ2) is 6.62. The number of rotatable bonds is 5. The third-order valence-electron chi connectivity index (χ3n) is 3.76. The largest absolute Gasteiger partial charge is 0.313 e. The molecule has 1 heterocycles. The van der Waals surface area contributed by atoms with Gasteiger partial charge in [-0.05, 0) is 44.6 Å². The summed E-state index contributed by atoms with van der Waals surface area (Å²) >= 11 is 1.89. The first-order valence-corrected chi connectivity index (χ1v) is 8.00. The summed E-state index contributed by atoms with van der Waals surface area (Å²) in [6, 6.07) is 2.92. The maximum atomic E-state index is 4.36. The lowest BCUT2D eigenvalue weighted by atomic mass is 9.87. The average Bonchev–Trinajstić information content (AvgIpc) is 2.66. The minimum Gasteiger partial charge on any atom is -0.313 e. The maximum Gasteiger partial charge on any atom is 0.0939 e. The molecule has 0 aromatic carbocycles. The fraction of sp³-hybridized carbons (Fsp3) is 0.786. The van der Waals surface area contributed by atoms with Gasteiger partial charge in [-0.2, -0.15) is 5.10 Å². The standard InChI is InChI=1S/C14H25N3S/c1-11-4-6-13(7-5-11)15-8-9-18-14-10-12(2)16-17(14)3/h10-11,13,15H,4-9H2,1-3H3. The van der Waals surface area contributed by atoms with E-state index in [-0.39, 0.29) is 0 Å². The van der Waals surface area contributed by atoms with Gasteiger partial charge in [-0.1, -0.05) is 6.92 Å². The molecule has 0 amide bonds. The molecule has 1 fully saturated rings. The van der Waals surface area contributed by atoms with Crippen LogP contribution in [0.4, 0.5) is 0 Å². The van der Waals surface area contributed by atoms with Crippen LogP contribution in [-0.4, -0.2) is 28.1 Å². The number of nitrogens with one attached hydrogen (secondary N) is 1. The molecule has 1 N–H and O–H groups in total. The van der Waals surface area contributed by atoms with Gasteiger partial charge in [0.2, 0.25) is 0 Å². The third-order valence-corrected chi connectivity index (χ3v) is 4.85. The molecule has 0 unspecified atom stereocenters. The molecule has 2 rings (SSSR count). The van der Waals surface area contributed by atoms with Crippen LogP contribution in [0.5, 0.6) is 0 Å². The Kier molecular flexibility index (Phi) is 5.13. The van der Waals surface area contributed by atoms with E-state index in [1.807, 2.05) is 30.4 Å². The van der Waals surface area contributed by atoms with Gasteiger partial charge in [-0.25, -0.2) is 0 Å². The molecule has 0 saturated heterocycles. The first kappa shape index (κ1) is 13.9. The Balaban J connectivity index is 1.63. The van der Waals surface area contributed by atoms with E-state index < -0.39 is 0 Å². The van der Waals surface area contributed by atoms with Gasteiger partial charge in [0.1, 0.15) is 0 Å². The lowest BCUT2D eigenvalue weighted by Crippen LogP contribution is -2.34. The number of hydrogen-bond donors (Lipinski definition) is 1. The van der Waals surface area contributed by atoms with Crippen molar-refractivity contribution in [2.45, 2.75) is 50.6 Å². The zero-order chi connectivity index (χ0) is 13.0. The summed E-state index contributed by atoms with van der Waals surface area (Å²) < 4.78 is 1.97. The summed E-state index contributed by atoms with van der Waals surface area (Å²) in [6.45, 7) is 5.52. The van der Waals surface area contributed by atoms with Crippen molar-refractivity contribution in [3.05, 3.63) is 11.8 Å². The summed E-state index contributed by atoms with van der Waals surface area (Å²) in [5.74, 6) is 2.07. The minimum atomic E-state index is 0.759. The molecule has 0 aliphatic heterocycles. The van der Waals surface area contributed by atoms with Crippen LogP contribution in [0.25, 0.3) is 0 Å². The molecule has 1 aliphatic rings. The van der Waals surface area contributed by atoms with Crippen molar-refractivity contribution in [2.24, 2.45) is 13.0 Å². The Hall–Kier alpha value is -0.480. The van der Waals surface area contributed by atoms with E-state index in [0.29, 0.717) is 0 Å². The van der Waals surface area contributed by atoms with Crippen LogP contribution in [0.3, 0.4) is 0 Å². The van der Waals surface area contributed by atoms with Crippen molar-refractivity contribution in [2.75, 3.05) is 12.3 Å². The zero-order valence-electron chi connectivity index (χ0n) is 11.8. The highest BCUT2D eigenvalue weighted by Crippen LogP contribution is 2.23. The first-order chi connectivity index (χ1) is 8.65. The van der Waals surface area contributed by atoms with E-state index in [2.05, 4.69) is 23.4 Å². The van der Waals surface area contributed by atoms with E-state index in [1.165, 1.54) is 30.7 Å². The smallest absolute Gasteiger partial charge is 0.0939 e. The number of aromatic nitrogens is 2. The van der Waals surface area contributed by atoms with Crippen LogP contribution >= 0.6 is 11.8 Å². The number of nitrogens with zero attached hydrogens (tertiary/aromatic N) is 2. The Morgan fingerprint density at radius 1 is 1.39 bits per heavy atom. The maximum absolute atomic E-state index is 4.36. The molecule has 0 spiro atoms. The van der Waals surface area contributed by atoms with Crippen LogP contribution in [0.2, 0.25) is 0 Å². The predicted octanol–water partition coefficient (Wildman–Crippen LogP) is 2.99. The van der Waals surface area contributed by atoms with Gasteiger partial charge >= 0.3 is 0 Å². The zero-order valence-corrected chi connectivity index (χ0v) is 12.6. The molecule has 3 nitrogen and oxygen atoms in total. The highest BCUT2D eigenvalue weighted by molar-refractivity contribution is 7.99. The van der Waals surface area contributed by atoms with E-state index >= 15 is 0 Å². The Morgan fingerprint density at radius 2 is 2.11 bits per heavy atom. The highest BCUT2D eigenvalue weighted by atomic mass is 32.2. The van der Waals surface area contributed by atoms with E-state index in [9.17, 15) is 0 Å². The van der Waals surface area contributed by atoms with E-state index in [0.717, 1.165) is 30.0 Å². The van der Waals surface area contributed by atoms with Gasteiger partial charge < -0.3 is 5.32 Å². The van der Waals surface area contributed by atoms with Gasteiger partial charge in [-0.3, -0.25) is 4.68 Å². The normalized spacial score (nSPS) is 24.4. The van der Waals surface area contributed by atoms with Crippen LogP contribution < -0.4 is 5.32 Å². The monoisotopic (exact) mass is 267 g/mol. The third kappa shape index (κ3) is 4.02. The van der Waals surface area contributed by atoms with Gasteiger partial charge in [0, 0.05) is 25.4 Å². The van der Waals surface area contributed by atoms with Crippen molar-refractivity contribution in [1.82, 2.24) is 15.1 Å². The summed E-state index contributed by atoms with van der Waals surface area (Å²) in [4.78, 5) is 0. The molecule has 18 heavy (non-hydrogen) atoms. The molecule has 0 radical (unpaired) electrons. The summed E-state index contributed by atoms with van der Waals surface area (Å²) in [5.41, 5.74) is 1.11.